The normalized spacial score (nSPS) is 25.1. The molecule has 0 aromatic heterocycles. The van der Waals surface area contributed by atoms with Crippen LogP contribution in [0.3, 0.4) is 0 Å². The van der Waals surface area contributed by atoms with E-state index in [2.05, 4.69) is 5.32 Å². The van der Waals surface area contributed by atoms with Gasteiger partial charge >= 0.3 is 12.3 Å². The van der Waals surface area contributed by atoms with E-state index in [1.165, 1.54) is 34.1 Å². The van der Waals surface area contributed by atoms with Crippen LogP contribution in [0.25, 0.3) is 0 Å². The van der Waals surface area contributed by atoms with E-state index >= 15 is 0 Å². The first-order valence-corrected chi connectivity index (χ1v) is 15.3. The lowest BCUT2D eigenvalue weighted by molar-refractivity contribution is -0.168. The molecule has 2 N–H and O–H groups in total. The van der Waals surface area contributed by atoms with Crippen molar-refractivity contribution in [1.29, 1.82) is 0 Å². The van der Waals surface area contributed by atoms with Gasteiger partial charge in [-0.2, -0.15) is 13.2 Å². The Hall–Kier alpha value is -2.86. The molecule has 3 fully saturated rings. The summed E-state index contributed by atoms with van der Waals surface area (Å²) < 4.78 is 48.6. The van der Waals surface area contributed by atoms with Crippen LogP contribution in [0.2, 0.25) is 0 Å². The molecule has 12 heteroatoms. The maximum absolute atomic E-state index is 14.6. The summed E-state index contributed by atoms with van der Waals surface area (Å²) in [6.45, 7) is 8.18. The van der Waals surface area contributed by atoms with Gasteiger partial charge in [0.15, 0.2) is 6.04 Å². The number of rotatable bonds is 8. The number of nitrogens with one attached hydrogen (secondary N) is 1. The van der Waals surface area contributed by atoms with Gasteiger partial charge in [-0.1, -0.05) is 49.6 Å². The lowest BCUT2D eigenvalue weighted by atomic mass is 9.81. The van der Waals surface area contributed by atoms with E-state index in [1.807, 2.05) is 11.8 Å². The van der Waals surface area contributed by atoms with Gasteiger partial charge in [0.1, 0.15) is 12.1 Å². The third kappa shape index (κ3) is 7.63. The number of carbonyl (C=O) groups is 3. The van der Waals surface area contributed by atoms with Gasteiger partial charge in [0.2, 0.25) is 11.8 Å². The summed E-state index contributed by atoms with van der Waals surface area (Å²) in [6, 6.07) is 2.44. The van der Waals surface area contributed by atoms with Crippen molar-refractivity contribution in [2.75, 3.05) is 26.2 Å². The number of carbonyl (C=O) groups excluding carboxylic acids is 2. The van der Waals surface area contributed by atoms with E-state index in [0.717, 1.165) is 19.3 Å². The Kier molecular flexibility index (Phi) is 10.3. The van der Waals surface area contributed by atoms with Crippen LogP contribution in [-0.2, 0) is 14.3 Å². The first-order chi connectivity index (χ1) is 20.2. The zero-order chi connectivity index (χ0) is 31.5. The molecule has 2 saturated heterocycles. The highest BCUT2D eigenvalue weighted by Gasteiger charge is 2.51. The van der Waals surface area contributed by atoms with Crippen molar-refractivity contribution in [3.05, 3.63) is 35.9 Å². The molecule has 240 valence electrons. The molecule has 0 spiro atoms. The molecule has 0 bridgehead atoms. The number of hydrogen-bond acceptors (Lipinski definition) is 5. The SMILES string of the molecule is CCO[C@@H]1C[C@@H]2CN(C(=O)[C@H](C3CCCCC3)N(C(=O)O)C(C)(C)C)[C@H](C(=O)NC(c3ccccc3)C(F)(F)F)CN2C1. The van der Waals surface area contributed by atoms with Crippen LogP contribution in [0.5, 0.6) is 0 Å². The van der Waals surface area contributed by atoms with Gasteiger partial charge in [-0.25, -0.2) is 4.79 Å². The first kappa shape index (κ1) is 33.0. The Morgan fingerprint density at radius 3 is 2.26 bits per heavy atom. The monoisotopic (exact) mass is 610 g/mol. The molecule has 1 aromatic carbocycles. The number of halogens is 3. The Morgan fingerprint density at radius 1 is 1.05 bits per heavy atom. The van der Waals surface area contributed by atoms with Crippen LogP contribution in [0.15, 0.2) is 30.3 Å². The maximum Gasteiger partial charge on any atom is 0.412 e. The Bertz CT molecular complexity index is 1120. The number of alkyl halides is 3. The molecule has 3 aliphatic rings. The van der Waals surface area contributed by atoms with Crippen molar-refractivity contribution in [3.8, 4) is 0 Å². The molecule has 4 rings (SSSR count). The highest BCUT2D eigenvalue weighted by Crippen LogP contribution is 2.37. The molecule has 0 radical (unpaired) electrons. The molecule has 1 unspecified atom stereocenters. The quantitative estimate of drug-likeness (QED) is 0.438. The van der Waals surface area contributed by atoms with Crippen molar-refractivity contribution >= 4 is 17.9 Å². The summed E-state index contributed by atoms with van der Waals surface area (Å²) in [7, 11) is 0. The number of hydrogen-bond donors (Lipinski definition) is 2. The second-order valence-electron chi connectivity index (χ2n) is 13.0. The summed E-state index contributed by atoms with van der Waals surface area (Å²) in [6.07, 6.45) is -1.51. The minimum Gasteiger partial charge on any atom is -0.465 e. The smallest absolute Gasteiger partial charge is 0.412 e. The van der Waals surface area contributed by atoms with Gasteiger partial charge < -0.3 is 20.1 Å². The second-order valence-corrected chi connectivity index (χ2v) is 13.0. The summed E-state index contributed by atoms with van der Waals surface area (Å²) in [5, 5.41) is 12.5. The van der Waals surface area contributed by atoms with Gasteiger partial charge in [0.05, 0.1) is 6.10 Å². The predicted molar refractivity (Wildman–Crippen MR) is 154 cm³/mol. The number of carboxylic acid groups (broad SMARTS) is 1. The maximum atomic E-state index is 14.6. The number of piperazine rings is 1. The number of nitrogens with zero attached hydrogens (tertiary/aromatic N) is 3. The summed E-state index contributed by atoms with van der Waals surface area (Å²) in [5.41, 5.74) is -1.04. The molecule has 5 atom stereocenters. The lowest BCUT2D eigenvalue weighted by Crippen LogP contribution is -2.68. The highest BCUT2D eigenvalue weighted by atomic mass is 19.4. The standard InChI is InChI=1S/C31H45F3N4O5/c1-5-43-23-16-22-17-37(28(40)25(20-12-8-6-9-13-20)38(29(41)42)30(2,3)4)24(19-36(22)18-23)27(39)35-26(31(32,33)34)21-14-10-7-11-15-21/h7,10-11,14-15,20,22-26H,5-6,8-9,12-13,16-19H2,1-4H3,(H,35,39)(H,41,42)/t22-,23-,24+,25+,26?/m1/s1. The second kappa shape index (κ2) is 13.4. The Balaban J connectivity index is 1.71. The number of benzene rings is 1. The minimum atomic E-state index is -4.77. The number of fused-ring (bicyclic) bond motifs is 1. The van der Waals surface area contributed by atoms with Gasteiger partial charge in [-0.3, -0.25) is 19.4 Å². The van der Waals surface area contributed by atoms with E-state index in [0.29, 0.717) is 32.4 Å². The highest BCUT2D eigenvalue weighted by molar-refractivity contribution is 5.92. The predicted octanol–water partition coefficient (Wildman–Crippen LogP) is 4.82. The van der Waals surface area contributed by atoms with Gasteiger partial charge in [0.25, 0.3) is 0 Å². The van der Waals surface area contributed by atoms with Crippen LogP contribution in [0.4, 0.5) is 18.0 Å². The molecule has 2 aliphatic heterocycles. The van der Waals surface area contributed by atoms with Crippen LogP contribution in [0.1, 0.15) is 77.8 Å². The molecule has 9 nitrogen and oxygen atoms in total. The van der Waals surface area contributed by atoms with Crippen LogP contribution >= 0.6 is 0 Å². The van der Waals surface area contributed by atoms with Crippen molar-refractivity contribution in [3.63, 3.8) is 0 Å². The molecular formula is C31H45F3N4O5. The van der Waals surface area contributed by atoms with Crippen molar-refractivity contribution < 1.29 is 37.4 Å². The van der Waals surface area contributed by atoms with E-state index in [9.17, 15) is 32.7 Å². The fourth-order valence-electron chi connectivity index (χ4n) is 7.05. The fraction of sp³-hybridized carbons (Fsp3) is 0.710. The summed E-state index contributed by atoms with van der Waals surface area (Å²) in [5.74, 6) is -1.70. The van der Waals surface area contributed by atoms with E-state index < -0.39 is 47.7 Å². The van der Waals surface area contributed by atoms with Crippen LogP contribution in [-0.4, -0.2) is 99.9 Å². The van der Waals surface area contributed by atoms with Gasteiger partial charge in [-0.05, 0) is 58.4 Å². The zero-order valence-corrected chi connectivity index (χ0v) is 25.5. The van der Waals surface area contributed by atoms with Gasteiger partial charge in [-0.15, -0.1) is 0 Å². The summed E-state index contributed by atoms with van der Waals surface area (Å²) in [4.78, 5) is 45.7. The van der Waals surface area contributed by atoms with E-state index in [4.69, 9.17) is 4.74 Å². The number of amides is 3. The zero-order valence-electron chi connectivity index (χ0n) is 25.5. The van der Waals surface area contributed by atoms with Crippen molar-refractivity contribution in [2.24, 2.45) is 5.92 Å². The molecule has 43 heavy (non-hydrogen) atoms. The molecule has 2 heterocycles. The van der Waals surface area contributed by atoms with Crippen molar-refractivity contribution in [2.45, 2.75) is 108 Å². The Morgan fingerprint density at radius 2 is 1.70 bits per heavy atom. The molecular weight excluding hydrogens is 565 g/mol. The molecule has 1 aromatic rings. The largest absolute Gasteiger partial charge is 0.465 e. The number of ether oxygens (including phenoxy) is 1. The van der Waals surface area contributed by atoms with Crippen LogP contribution in [0, 0.1) is 5.92 Å². The van der Waals surface area contributed by atoms with Crippen molar-refractivity contribution in [1.82, 2.24) is 20.0 Å². The van der Waals surface area contributed by atoms with E-state index in [1.54, 1.807) is 26.8 Å². The lowest BCUT2D eigenvalue weighted by Gasteiger charge is -2.48. The Labute approximate surface area is 251 Å². The average Bonchev–Trinajstić information content (AvgIpc) is 3.34. The average molecular weight is 611 g/mol. The summed E-state index contributed by atoms with van der Waals surface area (Å²) >= 11 is 0. The van der Waals surface area contributed by atoms with Crippen LogP contribution < -0.4 is 5.32 Å². The minimum absolute atomic E-state index is 0.0329. The third-order valence-corrected chi connectivity index (χ3v) is 8.97. The third-order valence-electron chi connectivity index (χ3n) is 8.97. The molecule has 1 saturated carbocycles. The molecule has 3 amide bonds. The topological polar surface area (TPSA) is 102 Å². The molecule has 1 aliphatic carbocycles. The fourth-order valence-corrected chi connectivity index (χ4v) is 7.05. The van der Waals surface area contributed by atoms with Gasteiger partial charge in [0, 0.05) is 37.8 Å². The first-order valence-electron chi connectivity index (χ1n) is 15.3. The van der Waals surface area contributed by atoms with E-state index in [-0.39, 0.29) is 36.7 Å².